The first-order valence-corrected chi connectivity index (χ1v) is 8.61. The number of nitrogens with zero attached hydrogens (tertiary/aromatic N) is 1. The number of amides is 2. The maximum atomic E-state index is 12.6. The maximum absolute atomic E-state index is 12.6. The highest BCUT2D eigenvalue weighted by Crippen LogP contribution is 2.29. The summed E-state index contributed by atoms with van der Waals surface area (Å²) in [6.45, 7) is 1.01. The van der Waals surface area contributed by atoms with Gasteiger partial charge in [-0.15, -0.1) is 0 Å². The molecule has 0 aliphatic carbocycles. The second-order valence-corrected chi connectivity index (χ2v) is 6.48. The lowest BCUT2D eigenvalue weighted by molar-refractivity contribution is -0.137. The van der Waals surface area contributed by atoms with E-state index in [0.29, 0.717) is 37.3 Å². The summed E-state index contributed by atoms with van der Waals surface area (Å²) in [5, 5.41) is 2.88. The lowest BCUT2D eigenvalue weighted by atomic mass is 10.0. The van der Waals surface area contributed by atoms with E-state index >= 15 is 0 Å². The quantitative estimate of drug-likeness (QED) is 0.886. The van der Waals surface area contributed by atoms with Crippen LogP contribution in [-0.4, -0.2) is 35.8 Å². The van der Waals surface area contributed by atoms with Gasteiger partial charge in [0, 0.05) is 19.1 Å². The molecule has 0 unspecified atom stereocenters. The van der Waals surface area contributed by atoms with Gasteiger partial charge in [-0.1, -0.05) is 12.1 Å². The standard InChI is InChI=1S/C19H19F3N2O3/c20-19(21,22)14-5-3-13(4-6-14)12-17(25)23-15-7-9-24(10-8-15)18(26)16-2-1-11-27-16/h1-6,11,15H,7-10,12H2,(H,23,25). The SMILES string of the molecule is O=C(Cc1ccc(C(F)(F)F)cc1)NC1CCN(C(=O)c2ccco2)CC1. The van der Waals surface area contributed by atoms with Crippen molar-refractivity contribution in [3.8, 4) is 0 Å². The summed E-state index contributed by atoms with van der Waals surface area (Å²) in [7, 11) is 0. The largest absolute Gasteiger partial charge is 0.459 e. The molecule has 2 aromatic rings. The van der Waals surface area contributed by atoms with Crippen molar-refractivity contribution in [1.29, 1.82) is 0 Å². The van der Waals surface area contributed by atoms with Gasteiger partial charge in [0.1, 0.15) is 0 Å². The number of halogens is 3. The Morgan fingerprint density at radius 1 is 1.11 bits per heavy atom. The van der Waals surface area contributed by atoms with Crippen LogP contribution in [0.15, 0.2) is 47.1 Å². The average molecular weight is 380 g/mol. The normalized spacial score (nSPS) is 15.6. The van der Waals surface area contributed by atoms with E-state index in [1.54, 1.807) is 17.0 Å². The number of alkyl halides is 3. The molecular formula is C19H19F3N2O3. The van der Waals surface area contributed by atoms with Crippen LogP contribution in [0.3, 0.4) is 0 Å². The molecule has 27 heavy (non-hydrogen) atoms. The number of likely N-dealkylation sites (tertiary alicyclic amines) is 1. The van der Waals surface area contributed by atoms with E-state index < -0.39 is 11.7 Å². The second-order valence-electron chi connectivity index (χ2n) is 6.48. The van der Waals surface area contributed by atoms with Crippen LogP contribution < -0.4 is 5.32 Å². The minimum Gasteiger partial charge on any atom is -0.459 e. The smallest absolute Gasteiger partial charge is 0.416 e. The highest BCUT2D eigenvalue weighted by atomic mass is 19.4. The zero-order chi connectivity index (χ0) is 19.4. The van der Waals surface area contributed by atoms with Crippen molar-refractivity contribution in [2.45, 2.75) is 31.5 Å². The van der Waals surface area contributed by atoms with Crippen LogP contribution >= 0.6 is 0 Å². The molecule has 144 valence electrons. The Hall–Kier alpha value is -2.77. The third kappa shape index (κ3) is 4.90. The number of carbonyl (C=O) groups is 2. The van der Waals surface area contributed by atoms with Crippen LogP contribution in [0.5, 0.6) is 0 Å². The number of hydrogen-bond acceptors (Lipinski definition) is 3. The number of piperidine rings is 1. The topological polar surface area (TPSA) is 62.6 Å². The van der Waals surface area contributed by atoms with E-state index in [-0.39, 0.29) is 24.3 Å². The molecule has 8 heteroatoms. The van der Waals surface area contributed by atoms with E-state index in [9.17, 15) is 22.8 Å². The summed E-state index contributed by atoms with van der Waals surface area (Å²) in [4.78, 5) is 26.0. The van der Waals surface area contributed by atoms with E-state index in [2.05, 4.69) is 5.32 Å². The predicted molar refractivity (Wildman–Crippen MR) is 90.9 cm³/mol. The van der Waals surface area contributed by atoms with Crippen molar-refractivity contribution in [3.63, 3.8) is 0 Å². The van der Waals surface area contributed by atoms with Gasteiger partial charge in [-0.05, 0) is 42.7 Å². The van der Waals surface area contributed by atoms with E-state index in [4.69, 9.17) is 4.42 Å². The summed E-state index contributed by atoms with van der Waals surface area (Å²) in [5.74, 6) is -0.125. The highest BCUT2D eigenvalue weighted by molar-refractivity contribution is 5.91. The van der Waals surface area contributed by atoms with Gasteiger partial charge < -0.3 is 14.6 Å². The second kappa shape index (κ2) is 7.85. The van der Waals surface area contributed by atoms with Gasteiger partial charge >= 0.3 is 6.18 Å². The van der Waals surface area contributed by atoms with Gasteiger partial charge in [-0.3, -0.25) is 9.59 Å². The molecular weight excluding hydrogens is 361 g/mol. The first-order chi connectivity index (χ1) is 12.8. The molecule has 3 rings (SSSR count). The van der Waals surface area contributed by atoms with Crippen molar-refractivity contribution >= 4 is 11.8 Å². The monoisotopic (exact) mass is 380 g/mol. The molecule has 1 aliphatic rings. The molecule has 1 N–H and O–H groups in total. The van der Waals surface area contributed by atoms with Crippen LogP contribution in [-0.2, 0) is 17.4 Å². The van der Waals surface area contributed by atoms with Gasteiger partial charge in [0.2, 0.25) is 5.91 Å². The molecule has 5 nitrogen and oxygen atoms in total. The van der Waals surface area contributed by atoms with Crippen LogP contribution in [0, 0.1) is 0 Å². The number of rotatable bonds is 4. The third-order valence-corrected chi connectivity index (χ3v) is 4.53. The molecule has 0 radical (unpaired) electrons. The molecule has 2 amide bonds. The maximum Gasteiger partial charge on any atom is 0.416 e. The zero-order valence-electron chi connectivity index (χ0n) is 14.5. The lowest BCUT2D eigenvalue weighted by Gasteiger charge is -2.31. The fraction of sp³-hybridized carbons (Fsp3) is 0.368. The Bertz CT molecular complexity index is 778. The summed E-state index contributed by atoms with van der Waals surface area (Å²) in [6, 6.07) is 7.78. The van der Waals surface area contributed by atoms with Crippen molar-refractivity contribution in [2.75, 3.05) is 13.1 Å². The molecule has 1 fully saturated rings. The van der Waals surface area contributed by atoms with Crippen LogP contribution in [0.2, 0.25) is 0 Å². The minimum atomic E-state index is -4.39. The molecule has 2 heterocycles. The first-order valence-electron chi connectivity index (χ1n) is 8.61. The van der Waals surface area contributed by atoms with E-state index in [1.807, 2.05) is 0 Å². The van der Waals surface area contributed by atoms with E-state index in [1.165, 1.54) is 18.4 Å². The summed E-state index contributed by atoms with van der Waals surface area (Å²) < 4.78 is 42.8. The average Bonchev–Trinajstić information content (AvgIpc) is 3.16. The summed E-state index contributed by atoms with van der Waals surface area (Å²) >= 11 is 0. The number of nitrogens with one attached hydrogen (secondary N) is 1. The van der Waals surface area contributed by atoms with Gasteiger partial charge in [0.15, 0.2) is 5.76 Å². The molecule has 0 atom stereocenters. The van der Waals surface area contributed by atoms with Crippen LogP contribution in [0.25, 0.3) is 0 Å². The highest BCUT2D eigenvalue weighted by Gasteiger charge is 2.30. The fourth-order valence-electron chi connectivity index (χ4n) is 3.06. The minimum absolute atomic E-state index is 0.0175. The van der Waals surface area contributed by atoms with Gasteiger partial charge in [-0.25, -0.2) is 0 Å². The third-order valence-electron chi connectivity index (χ3n) is 4.53. The van der Waals surface area contributed by atoms with Crippen molar-refractivity contribution in [2.24, 2.45) is 0 Å². The fourth-order valence-corrected chi connectivity index (χ4v) is 3.06. The molecule has 0 spiro atoms. The number of hydrogen-bond donors (Lipinski definition) is 1. The van der Waals surface area contributed by atoms with Crippen molar-refractivity contribution in [1.82, 2.24) is 10.2 Å². The van der Waals surface area contributed by atoms with Crippen molar-refractivity contribution in [3.05, 3.63) is 59.5 Å². The predicted octanol–water partition coefficient (Wildman–Crippen LogP) is 3.26. The molecule has 0 saturated carbocycles. The number of carbonyl (C=O) groups excluding carboxylic acids is 2. The van der Waals surface area contributed by atoms with Gasteiger partial charge in [0.25, 0.3) is 5.91 Å². The molecule has 1 aromatic carbocycles. The summed E-state index contributed by atoms with van der Waals surface area (Å²) in [6.07, 6.45) is -1.69. The zero-order valence-corrected chi connectivity index (χ0v) is 14.5. The Morgan fingerprint density at radius 2 is 1.78 bits per heavy atom. The van der Waals surface area contributed by atoms with Crippen molar-refractivity contribution < 1.29 is 27.2 Å². The lowest BCUT2D eigenvalue weighted by Crippen LogP contribution is -2.46. The Kier molecular flexibility index (Phi) is 5.53. The van der Waals surface area contributed by atoms with Gasteiger partial charge in [-0.2, -0.15) is 13.2 Å². The first kappa shape index (κ1) is 19.0. The Labute approximate surface area is 154 Å². The number of benzene rings is 1. The Balaban J connectivity index is 1.46. The molecule has 1 saturated heterocycles. The molecule has 0 bridgehead atoms. The molecule has 1 aromatic heterocycles. The van der Waals surface area contributed by atoms with Gasteiger partial charge in [0.05, 0.1) is 18.2 Å². The molecule has 1 aliphatic heterocycles. The van der Waals surface area contributed by atoms with Crippen LogP contribution in [0.1, 0.15) is 34.5 Å². The Morgan fingerprint density at radius 3 is 2.33 bits per heavy atom. The van der Waals surface area contributed by atoms with Crippen LogP contribution in [0.4, 0.5) is 13.2 Å². The van der Waals surface area contributed by atoms with E-state index in [0.717, 1.165) is 12.1 Å². The summed E-state index contributed by atoms with van der Waals surface area (Å²) in [5.41, 5.74) is -0.216. The number of furan rings is 1.